The Morgan fingerprint density at radius 3 is 2.50 bits per heavy atom. The van der Waals surface area contributed by atoms with E-state index in [9.17, 15) is 4.79 Å². The lowest BCUT2D eigenvalue weighted by Gasteiger charge is -2.29. The lowest BCUT2D eigenvalue weighted by molar-refractivity contribution is -0.142. The summed E-state index contributed by atoms with van der Waals surface area (Å²) in [5.41, 5.74) is -0.521. The summed E-state index contributed by atoms with van der Waals surface area (Å²) in [5.74, 6) is 0.251. The molecule has 0 radical (unpaired) electrons. The number of thiophene rings is 1. The summed E-state index contributed by atoms with van der Waals surface area (Å²) in [5, 5.41) is 0. The van der Waals surface area contributed by atoms with E-state index in [0.29, 0.717) is 6.42 Å². The zero-order chi connectivity index (χ0) is 13.0. The van der Waals surface area contributed by atoms with Crippen LogP contribution in [0.5, 0.6) is 0 Å². The molecule has 0 bridgehead atoms. The zero-order valence-corrected chi connectivity index (χ0v) is 13.1. The number of hydrogen-bond acceptors (Lipinski definition) is 3. The van der Waals surface area contributed by atoms with E-state index in [1.165, 1.54) is 12.8 Å². The van der Waals surface area contributed by atoms with Gasteiger partial charge < -0.3 is 4.74 Å². The molecule has 2 rings (SSSR count). The Bertz CT molecular complexity index is 406. The molecule has 0 atom stereocenters. The SMILES string of the molecule is COC1(C(=O)Cc2ccc(Br)s2)CCCCCC1. The molecule has 18 heavy (non-hydrogen) atoms. The maximum Gasteiger partial charge on any atom is 0.169 e. The van der Waals surface area contributed by atoms with Gasteiger partial charge in [0.2, 0.25) is 0 Å². The van der Waals surface area contributed by atoms with Crippen molar-refractivity contribution in [1.82, 2.24) is 0 Å². The molecule has 1 saturated carbocycles. The van der Waals surface area contributed by atoms with Crippen molar-refractivity contribution in [2.45, 2.75) is 50.5 Å². The van der Waals surface area contributed by atoms with Crippen molar-refractivity contribution in [1.29, 1.82) is 0 Å². The zero-order valence-electron chi connectivity index (χ0n) is 10.7. The highest BCUT2D eigenvalue weighted by Crippen LogP contribution is 2.33. The Labute approximate surface area is 121 Å². The Kier molecular flexibility index (Phi) is 4.98. The molecule has 2 nitrogen and oxygen atoms in total. The topological polar surface area (TPSA) is 26.3 Å². The number of ketones is 1. The minimum Gasteiger partial charge on any atom is -0.370 e. The third-order valence-corrected chi connectivity index (χ3v) is 5.40. The predicted octanol–water partition coefficient (Wildman–Crippen LogP) is 4.36. The van der Waals surface area contributed by atoms with E-state index in [1.54, 1.807) is 18.4 Å². The van der Waals surface area contributed by atoms with Gasteiger partial charge in [0.25, 0.3) is 0 Å². The quantitative estimate of drug-likeness (QED) is 0.766. The molecule has 1 aromatic heterocycles. The monoisotopic (exact) mass is 330 g/mol. The molecule has 1 heterocycles. The smallest absolute Gasteiger partial charge is 0.169 e. The van der Waals surface area contributed by atoms with E-state index in [4.69, 9.17) is 4.74 Å². The fourth-order valence-electron chi connectivity index (χ4n) is 2.66. The van der Waals surface area contributed by atoms with Gasteiger partial charge in [0.1, 0.15) is 5.60 Å². The summed E-state index contributed by atoms with van der Waals surface area (Å²) >= 11 is 5.07. The number of rotatable bonds is 4. The van der Waals surface area contributed by atoms with Gasteiger partial charge in [0.15, 0.2) is 5.78 Å². The van der Waals surface area contributed by atoms with Crippen molar-refractivity contribution in [3.8, 4) is 0 Å². The molecule has 4 heteroatoms. The fraction of sp³-hybridized carbons (Fsp3) is 0.643. The first-order valence-electron chi connectivity index (χ1n) is 6.49. The standard InChI is InChI=1S/C14H19BrO2S/c1-17-14(8-4-2-3-5-9-14)12(16)10-11-6-7-13(15)18-11/h6-7H,2-5,8-10H2,1H3. The minimum absolute atomic E-state index is 0.251. The second-order valence-corrected chi connectivity index (χ2v) is 7.47. The van der Waals surface area contributed by atoms with Crippen LogP contribution in [-0.4, -0.2) is 18.5 Å². The van der Waals surface area contributed by atoms with E-state index in [1.807, 2.05) is 12.1 Å². The molecule has 0 amide bonds. The maximum absolute atomic E-state index is 12.5. The van der Waals surface area contributed by atoms with Gasteiger partial charge in [-0.2, -0.15) is 0 Å². The van der Waals surface area contributed by atoms with E-state index < -0.39 is 5.60 Å². The molecule has 1 aliphatic carbocycles. The van der Waals surface area contributed by atoms with Crippen LogP contribution in [0.1, 0.15) is 43.4 Å². The fourth-order valence-corrected chi connectivity index (χ4v) is 4.14. The highest BCUT2D eigenvalue weighted by molar-refractivity contribution is 9.11. The van der Waals surface area contributed by atoms with Gasteiger partial charge in [-0.3, -0.25) is 4.79 Å². The van der Waals surface area contributed by atoms with Crippen LogP contribution in [0.25, 0.3) is 0 Å². The minimum atomic E-state index is -0.521. The number of hydrogen-bond donors (Lipinski definition) is 0. The maximum atomic E-state index is 12.5. The second-order valence-electron chi connectivity index (χ2n) is 4.92. The normalized spacial score (nSPS) is 19.4. The lowest BCUT2D eigenvalue weighted by Crippen LogP contribution is -2.41. The van der Waals surface area contributed by atoms with Crippen LogP contribution in [0, 0.1) is 0 Å². The molecular weight excluding hydrogens is 312 g/mol. The molecule has 0 unspecified atom stereocenters. The van der Waals surface area contributed by atoms with Gasteiger partial charge in [-0.15, -0.1) is 11.3 Å². The van der Waals surface area contributed by atoms with Crippen LogP contribution < -0.4 is 0 Å². The Morgan fingerprint density at radius 2 is 2.00 bits per heavy atom. The van der Waals surface area contributed by atoms with E-state index in [2.05, 4.69) is 15.9 Å². The van der Waals surface area contributed by atoms with Crippen molar-refractivity contribution in [3.63, 3.8) is 0 Å². The van der Waals surface area contributed by atoms with Crippen LogP contribution in [0.2, 0.25) is 0 Å². The summed E-state index contributed by atoms with van der Waals surface area (Å²) in [7, 11) is 1.69. The van der Waals surface area contributed by atoms with Crippen LogP contribution in [-0.2, 0) is 16.0 Å². The molecule has 1 aliphatic rings. The first kappa shape index (κ1) is 14.2. The number of halogens is 1. The third-order valence-electron chi connectivity index (χ3n) is 3.77. The number of ether oxygens (including phenoxy) is 1. The van der Waals surface area contributed by atoms with Gasteiger partial charge in [-0.1, -0.05) is 25.7 Å². The molecule has 1 fully saturated rings. The van der Waals surface area contributed by atoms with Crippen molar-refractivity contribution in [3.05, 3.63) is 20.8 Å². The van der Waals surface area contributed by atoms with Crippen LogP contribution in [0.3, 0.4) is 0 Å². The largest absolute Gasteiger partial charge is 0.370 e. The third kappa shape index (κ3) is 3.22. The van der Waals surface area contributed by atoms with Crippen molar-refractivity contribution < 1.29 is 9.53 Å². The van der Waals surface area contributed by atoms with Crippen LogP contribution >= 0.6 is 27.3 Å². The number of carbonyl (C=O) groups excluding carboxylic acids is 1. The van der Waals surface area contributed by atoms with Crippen LogP contribution in [0.15, 0.2) is 15.9 Å². The van der Waals surface area contributed by atoms with E-state index in [0.717, 1.165) is 34.3 Å². The number of carbonyl (C=O) groups is 1. The van der Waals surface area contributed by atoms with Gasteiger partial charge in [-0.25, -0.2) is 0 Å². The summed E-state index contributed by atoms with van der Waals surface area (Å²) in [4.78, 5) is 13.7. The van der Waals surface area contributed by atoms with Crippen molar-refractivity contribution in [2.24, 2.45) is 0 Å². The first-order chi connectivity index (χ1) is 8.66. The molecule has 1 aromatic rings. The van der Waals surface area contributed by atoms with E-state index >= 15 is 0 Å². The Balaban J connectivity index is 2.08. The van der Waals surface area contributed by atoms with Gasteiger partial charge in [-0.05, 0) is 40.9 Å². The van der Waals surface area contributed by atoms with Crippen molar-refractivity contribution >= 4 is 33.0 Å². The molecule has 0 saturated heterocycles. The first-order valence-corrected chi connectivity index (χ1v) is 8.10. The Morgan fingerprint density at radius 1 is 1.33 bits per heavy atom. The molecular formula is C14H19BrO2S. The molecule has 0 aliphatic heterocycles. The Hall–Kier alpha value is -0.190. The average Bonchev–Trinajstić information content (AvgIpc) is 2.65. The highest BCUT2D eigenvalue weighted by Gasteiger charge is 2.38. The average molecular weight is 331 g/mol. The number of Topliss-reactive ketones (excluding diaryl/α,β-unsaturated/α-hetero) is 1. The molecule has 0 aromatic carbocycles. The lowest BCUT2D eigenvalue weighted by atomic mass is 9.87. The molecule has 100 valence electrons. The summed E-state index contributed by atoms with van der Waals surface area (Å²) in [6.45, 7) is 0. The summed E-state index contributed by atoms with van der Waals surface area (Å²) < 4.78 is 6.72. The van der Waals surface area contributed by atoms with Crippen molar-refractivity contribution in [2.75, 3.05) is 7.11 Å². The van der Waals surface area contributed by atoms with E-state index in [-0.39, 0.29) is 5.78 Å². The molecule has 0 spiro atoms. The molecule has 0 N–H and O–H groups in total. The van der Waals surface area contributed by atoms with Gasteiger partial charge >= 0.3 is 0 Å². The summed E-state index contributed by atoms with van der Waals surface area (Å²) in [6, 6.07) is 4.02. The summed E-state index contributed by atoms with van der Waals surface area (Å²) in [6.07, 6.45) is 6.93. The van der Waals surface area contributed by atoms with Gasteiger partial charge in [0, 0.05) is 18.4 Å². The predicted molar refractivity (Wildman–Crippen MR) is 78.2 cm³/mol. The second kappa shape index (κ2) is 6.31. The number of methoxy groups -OCH3 is 1. The van der Waals surface area contributed by atoms with Crippen LogP contribution in [0.4, 0.5) is 0 Å². The van der Waals surface area contributed by atoms with Gasteiger partial charge in [0.05, 0.1) is 3.79 Å². The highest BCUT2D eigenvalue weighted by atomic mass is 79.9.